The van der Waals surface area contributed by atoms with Crippen molar-refractivity contribution in [1.82, 2.24) is 0 Å². The number of hydrogen-bond acceptors (Lipinski definition) is 4. The number of benzene rings is 2. The molecular weight excluding hydrogens is 376 g/mol. The van der Waals surface area contributed by atoms with E-state index in [9.17, 15) is 9.59 Å². The largest absolute Gasteiger partial charge is 0.491 e. The molecular formula is C26H28O4. The Kier molecular flexibility index (Phi) is 4.78. The van der Waals surface area contributed by atoms with Crippen molar-refractivity contribution in [2.75, 3.05) is 19.8 Å². The van der Waals surface area contributed by atoms with Gasteiger partial charge in [0.1, 0.15) is 12.4 Å². The minimum absolute atomic E-state index is 0.0255. The van der Waals surface area contributed by atoms with Gasteiger partial charge < -0.3 is 9.47 Å². The first-order valence-corrected chi connectivity index (χ1v) is 11.1. The van der Waals surface area contributed by atoms with Crippen LogP contribution in [-0.2, 0) is 10.2 Å². The van der Waals surface area contributed by atoms with Gasteiger partial charge >= 0.3 is 0 Å². The van der Waals surface area contributed by atoms with E-state index in [1.165, 1.54) is 5.56 Å². The van der Waals surface area contributed by atoms with Gasteiger partial charge in [-0.15, -0.1) is 0 Å². The van der Waals surface area contributed by atoms with Crippen molar-refractivity contribution >= 4 is 11.6 Å². The number of ketones is 2. The Morgan fingerprint density at radius 3 is 2.43 bits per heavy atom. The topological polar surface area (TPSA) is 52.6 Å². The number of fused-ring (bicyclic) bond motifs is 2. The van der Waals surface area contributed by atoms with Crippen molar-refractivity contribution in [2.24, 2.45) is 17.8 Å². The molecule has 1 saturated heterocycles. The summed E-state index contributed by atoms with van der Waals surface area (Å²) in [5.41, 5.74) is 3.02. The summed E-state index contributed by atoms with van der Waals surface area (Å²) in [5.74, 6) is 2.35. The Bertz CT molecular complexity index is 986. The number of hydrogen-bond donors (Lipinski definition) is 0. The van der Waals surface area contributed by atoms with Crippen molar-refractivity contribution in [1.29, 1.82) is 0 Å². The first kappa shape index (κ1) is 19.5. The summed E-state index contributed by atoms with van der Waals surface area (Å²) in [6, 6.07) is 14.1. The normalized spacial score (nSPS) is 28.5. The smallest absolute Gasteiger partial charge is 0.166 e. The molecule has 2 aromatic carbocycles. The lowest BCUT2D eigenvalue weighted by atomic mass is 9.73. The minimum atomic E-state index is -0.334. The van der Waals surface area contributed by atoms with Gasteiger partial charge in [-0.3, -0.25) is 9.59 Å². The molecule has 1 unspecified atom stereocenters. The van der Waals surface area contributed by atoms with Crippen molar-refractivity contribution in [2.45, 2.75) is 38.5 Å². The minimum Gasteiger partial charge on any atom is -0.491 e. The van der Waals surface area contributed by atoms with E-state index in [0.717, 1.165) is 25.2 Å². The van der Waals surface area contributed by atoms with Crippen LogP contribution in [0.2, 0.25) is 0 Å². The third-order valence-electron chi connectivity index (χ3n) is 7.49. The standard InChI is InChI=1S/C26H28O4/c1-3-23(27)19-10-16(24(28)12-18-20-13-29-14-21(18)20)11-22-25(19)30-15-26(22,4-2)17-8-6-5-7-9-17/h5-11,18,20-21H,3-4,12-15H2,1-2H3/t18?,20-,21+,26-/m0/s1. The monoisotopic (exact) mass is 404 g/mol. The molecule has 0 radical (unpaired) electrons. The Morgan fingerprint density at radius 2 is 1.77 bits per heavy atom. The highest BCUT2D eigenvalue weighted by molar-refractivity contribution is 6.04. The van der Waals surface area contributed by atoms with Gasteiger partial charge in [-0.1, -0.05) is 44.2 Å². The van der Waals surface area contributed by atoms with Crippen LogP contribution >= 0.6 is 0 Å². The maximum absolute atomic E-state index is 13.2. The molecule has 0 N–H and O–H groups in total. The second-order valence-corrected chi connectivity index (χ2v) is 8.92. The number of carbonyl (C=O) groups excluding carboxylic acids is 2. The molecule has 0 bridgehead atoms. The van der Waals surface area contributed by atoms with Gasteiger partial charge in [0.05, 0.1) is 24.2 Å². The van der Waals surface area contributed by atoms with Gasteiger partial charge in [0.2, 0.25) is 0 Å². The van der Waals surface area contributed by atoms with Crippen LogP contribution in [0.1, 0.15) is 65.0 Å². The zero-order valence-corrected chi connectivity index (χ0v) is 17.6. The predicted octanol–water partition coefficient (Wildman–Crippen LogP) is 4.83. The van der Waals surface area contributed by atoms with Crippen LogP contribution < -0.4 is 4.74 Å². The maximum Gasteiger partial charge on any atom is 0.166 e. The highest BCUT2D eigenvalue weighted by atomic mass is 16.5. The average molecular weight is 405 g/mol. The van der Waals surface area contributed by atoms with Gasteiger partial charge in [-0.25, -0.2) is 0 Å². The first-order chi connectivity index (χ1) is 14.6. The molecule has 1 saturated carbocycles. The lowest BCUT2D eigenvalue weighted by molar-refractivity contribution is 0.0950. The van der Waals surface area contributed by atoms with E-state index in [0.29, 0.717) is 54.1 Å². The fourth-order valence-electron chi connectivity index (χ4n) is 5.46. The van der Waals surface area contributed by atoms with E-state index in [1.54, 1.807) is 6.07 Å². The Balaban J connectivity index is 1.57. The van der Waals surface area contributed by atoms with Gasteiger partial charge in [0, 0.05) is 24.0 Å². The quantitative estimate of drug-likeness (QED) is 0.620. The molecule has 2 aromatic rings. The van der Waals surface area contributed by atoms with Crippen LogP contribution in [0.15, 0.2) is 42.5 Å². The van der Waals surface area contributed by atoms with Crippen LogP contribution in [0.5, 0.6) is 5.75 Å². The van der Waals surface area contributed by atoms with Crippen molar-refractivity contribution < 1.29 is 19.1 Å². The Hall–Kier alpha value is -2.46. The molecule has 0 aromatic heterocycles. The number of rotatable bonds is 7. The van der Waals surface area contributed by atoms with Gasteiger partial charge in [-0.05, 0) is 41.9 Å². The zero-order chi connectivity index (χ0) is 20.9. The predicted molar refractivity (Wildman–Crippen MR) is 114 cm³/mol. The van der Waals surface area contributed by atoms with Crippen molar-refractivity contribution in [3.8, 4) is 5.75 Å². The first-order valence-electron chi connectivity index (χ1n) is 11.1. The van der Waals surface area contributed by atoms with E-state index in [1.807, 2.05) is 31.2 Å². The lowest BCUT2D eigenvalue weighted by Gasteiger charge is -2.27. The molecule has 156 valence electrons. The molecule has 5 rings (SSSR count). The summed E-state index contributed by atoms with van der Waals surface area (Å²) in [7, 11) is 0. The summed E-state index contributed by atoms with van der Waals surface area (Å²) in [6.07, 6.45) is 1.77. The molecule has 4 heteroatoms. The van der Waals surface area contributed by atoms with Crippen LogP contribution in [0.4, 0.5) is 0 Å². The highest BCUT2D eigenvalue weighted by Gasteiger charge is 2.54. The summed E-state index contributed by atoms with van der Waals surface area (Å²) in [5, 5.41) is 0. The van der Waals surface area contributed by atoms with E-state index in [-0.39, 0.29) is 17.0 Å². The van der Waals surface area contributed by atoms with Crippen LogP contribution in [-0.4, -0.2) is 31.4 Å². The van der Waals surface area contributed by atoms with Crippen molar-refractivity contribution in [3.05, 3.63) is 64.7 Å². The SMILES string of the molecule is CCC(=O)c1cc(C(=O)CC2[C@H]3COC[C@@H]23)cc2c1OC[C@@]2(CC)c1ccccc1. The number of carbonyl (C=O) groups is 2. The third-order valence-corrected chi connectivity index (χ3v) is 7.49. The summed E-state index contributed by atoms with van der Waals surface area (Å²) >= 11 is 0. The summed E-state index contributed by atoms with van der Waals surface area (Å²) < 4.78 is 11.6. The molecule has 1 aliphatic carbocycles. The summed E-state index contributed by atoms with van der Waals surface area (Å²) in [4.78, 5) is 26.0. The highest BCUT2D eigenvalue weighted by Crippen LogP contribution is 2.53. The van der Waals surface area contributed by atoms with Crippen molar-refractivity contribution in [3.63, 3.8) is 0 Å². The van der Waals surface area contributed by atoms with Gasteiger partial charge in [0.25, 0.3) is 0 Å². The zero-order valence-electron chi connectivity index (χ0n) is 17.6. The Morgan fingerprint density at radius 1 is 1.03 bits per heavy atom. The average Bonchev–Trinajstić information content (AvgIpc) is 3.14. The molecule has 4 atom stereocenters. The molecule has 30 heavy (non-hydrogen) atoms. The molecule has 4 nitrogen and oxygen atoms in total. The second-order valence-electron chi connectivity index (χ2n) is 8.92. The molecule has 0 amide bonds. The van der Waals surface area contributed by atoms with E-state index >= 15 is 0 Å². The number of Topliss-reactive ketones (excluding diaryl/α,β-unsaturated/α-hetero) is 2. The molecule has 2 aliphatic heterocycles. The molecule has 0 spiro atoms. The van der Waals surface area contributed by atoms with Crippen LogP contribution in [0, 0.1) is 17.8 Å². The molecule has 2 heterocycles. The van der Waals surface area contributed by atoms with Crippen LogP contribution in [0.25, 0.3) is 0 Å². The fourth-order valence-corrected chi connectivity index (χ4v) is 5.46. The van der Waals surface area contributed by atoms with E-state index < -0.39 is 0 Å². The van der Waals surface area contributed by atoms with Gasteiger partial charge in [0.15, 0.2) is 11.6 Å². The third kappa shape index (κ3) is 2.92. The van der Waals surface area contributed by atoms with Crippen LogP contribution in [0.3, 0.4) is 0 Å². The second kappa shape index (κ2) is 7.35. The fraction of sp³-hybridized carbons (Fsp3) is 0.462. The molecule has 2 fully saturated rings. The van der Waals surface area contributed by atoms with E-state index in [2.05, 4.69) is 19.1 Å². The Labute approximate surface area is 177 Å². The number of ether oxygens (including phenoxy) is 2. The van der Waals surface area contributed by atoms with Gasteiger partial charge in [-0.2, -0.15) is 0 Å². The lowest BCUT2D eigenvalue weighted by Crippen LogP contribution is -2.28. The van der Waals surface area contributed by atoms with E-state index in [4.69, 9.17) is 9.47 Å². The molecule has 3 aliphatic rings. The maximum atomic E-state index is 13.2. The summed E-state index contributed by atoms with van der Waals surface area (Å²) in [6.45, 7) is 6.06.